The van der Waals surface area contributed by atoms with E-state index >= 15 is 0 Å². The average molecular weight is 509 g/mol. The highest BCUT2D eigenvalue weighted by atomic mass is 79.9. The number of amides is 1. The Morgan fingerprint density at radius 1 is 0.938 bits per heavy atom. The van der Waals surface area contributed by atoms with E-state index in [-0.39, 0.29) is 23.3 Å². The highest BCUT2D eigenvalue weighted by molar-refractivity contribution is 9.10. The lowest BCUT2D eigenvalue weighted by Gasteiger charge is -2.48. The first-order chi connectivity index (χ1) is 15.4. The van der Waals surface area contributed by atoms with Crippen LogP contribution in [0.3, 0.4) is 0 Å². The summed E-state index contributed by atoms with van der Waals surface area (Å²) in [5.41, 5.74) is 3.93. The molecule has 5 rings (SSSR count). The number of hydrogen-bond donors (Lipinski definition) is 0. The average Bonchev–Trinajstić information content (AvgIpc) is 2.79. The van der Waals surface area contributed by atoms with Gasteiger partial charge in [-0.05, 0) is 47.9 Å². The number of rotatable bonds is 3. The van der Waals surface area contributed by atoms with Crippen molar-refractivity contribution in [1.82, 2.24) is 9.42 Å². The minimum absolute atomic E-state index is 0.0882. The van der Waals surface area contributed by atoms with Crippen LogP contribution in [-0.4, -0.2) is 23.7 Å². The van der Waals surface area contributed by atoms with Gasteiger partial charge in [-0.15, -0.1) is 4.41 Å². The highest BCUT2D eigenvalue weighted by Crippen LogP contribution is 2.49. The molecular weight excluding hydrogens is 488 g/mol. The van der Waals surface area contributed by atoms with Gasteiger partial charge in [-0.3, -0.25) is 9.80 Å². The van der Waals surface area contributed by atoms with Crippen molar-refractivity contribution in [1.29, 1.82) is 0 Å². The Balaban J connectivity index is 1.68. The molecule has 0 unspecified atom stereocenters. The van der Waals surface area contributed by atoms with E-state index in [1.165, 1.54) is 0 Å². The van der Waals surface area contributed by atoms with E-state index in [4.69, 9.17) is 0 Å². The van der Waals surface area contributed by atoms with Crippen molar-refractivity contribution in [3.63, 3.8) is 0 Å². The first-order valence-electron chi connectivity index (χ1n) is 10.3. The zero-order valence-electron chi connectivity index (χ0n) is 17.4. The molecule has 0 aromatic heterocycles. The SMILES string of the molecule is Cc1ccc(S(=O)(=O)N2C(=O)C[C@H](c3ccccc3)[C@@H]3c4c(Br)cccc4C=CN32)cc1. The van der Waals surface area contributed by atoms with E-state index in [9.17, 15) is 13.2 Å². The second kappa shape index (κ2) is 7.90. The van der Waals surface area contributed by atoms with E-state index in [2.05, 4.69) is 15.9 Å². The van der Waals surface area contributed by atoms with E-state index in [0.29, 0.717) is 0 Å². The third-order valence-corrected chi connectivity index (χ3v) is 8.45. The summed E-state index contributed by atoms with van der Waals surface area (Å²) in [7, 11) is -4.08. The summed E-state index contributed by atoms with van der Waals surface area (Å²) in [6, 6.07) is 21.9. The smallest absolute Gasteiger partial charge is 0.272 e. The molecule has 1 amide bonds. The van der Waals surface area contributed by atoms with Gasteiger partial charge in [0.1, 0.15) is 0 Å². The van der Waals surface area contributed by atoms with Gasteiger partial charge in [0.25, 0.3) is 15.9 Å². The monoisotopic (exact) mass is 508 g/mol. The van der Waals surface area contributed by atoms with Gasteiger partial charge < -0.3 is 0 Å². The Labute approximate surface area is 196 Å². The van der Waals surface area contributed by atoms with E-state index in [1.807, 2.05) is 61.5 Å². The van der Waals surface area contributed by atoms with Crippen LogP contribution in [0.1, 0.15) is 40.6 Å². The second-order valence-electron chi connectivity index (χ2n) is 8.06. The van der Waals surface area contributed by atoms with Crippen LogP contribution in [0, 0.1) is 6.92 Å². The largest absolute Gasteiger partial charge is 0.284 e. The Morgan fingerprint density at radius 3 is 2.38 bits per heavy atom. The molecule has 2 aliphatic rings. The standard InChI is InChI=1S/C25H21BrN2O3S/c1-17-10-12-20(13-11-17)32(30,31)28-23(29)16-21(18-6-3-2-4-7-18)25-24-19(14-15-27(25)28)8-5-9-22(24)26/h2-15,21,25H,16H2,1H3/t21-,25-/m1/s1. The van der Waals surface area contributed by atoms with Crippen LogP contribution < -0.4 is 0 Å². The fraction of sp³-hybridized carbons (Fsp3) is 0.160. The van der Waals surface area contributed by atoms with Gasteiger partial charge in [-0.1, -0.05) is 76.1 Å². The van der Waals surface area contributed by atoms with E-state index in [0.717, 1.165) is 31.1 Å². The number of fused-ring (bicyclic) bond motifs is 3. The van der Waals surface area contributed by atoms with Crippen molar-refractivity contribution in [2.24, 2.45) is 0 Å². The van der Waals surface area contributed by atoms with Crippen molar-refractivity contribution < 1.29 is 13.2 Å². The summed E-state index contributed by atoms with van der Waals surface area (Å²) in [4.78, 5) is 13.5. The van der Waals surface area contributed by atoms with Gasteiger partial charge in [0, 0.05) is 23.0 Å². The summed E-state index contributed by atoms with van der Waals surface area (Å²) < 4.78 is 29.1. The summed E-state index contributed by atoms with van der Waals surface area (Å²) >= 11 is 3.67. The number of carbonyl (C=O) groups is 1. The molecular formula is C25H21BrN2O3S. The quantitative estimate of drug-likeness (QED) is 0.474. The van der Waals surface area contributed by atoms with Crippen molar-refractivity contribution >= 4 is 37.9 Å². The molecule has 5 nitrogen and oxygen atoms in total. The van der Waals surface area contributed by atoms with Crippen LogP contribution in [0.15, 0.2) is 88.4 Å². The molecule has 2 aliphatic heterocycles. The van der Waals surface area contributed by atoms with Crippen LogP contribution >= 0.6 is 15.9 Å². The molecule has 0 bridgehead atoms. The van der Waals surface area contributed by atoms with Crippen LogP contribution in [0.5, 0.6) is 0 Å². The summed E-state index contributed by atoms with van der Waals surface area (Å²) in [6.07, 6.45) is 3.65. The summed E-state index contributed by atoms with van der Waals surface area (Å²) in [6.45, 7) is 1.89. The van der Waals surface area contributed by atoms with Gasteiger partial charge in [0.15, 0.2) is 0 Å². The maximum Gasteiger partial charge on any atom is 0.284 e. The molecule has 3 aromatic rings. The molecule has 0 saturated carbocycles. The van der Waals surface area contributed by atoms with Gasteiger partial charge in [-0.2, -0.15) is 8.42 Å². The molecule has 0 radical (unpaired) electrons. The lowest BCUT2D eigenvalue weighted by atomic mass is 9.80. The molecule has 1 saturated heterocycles. The third kappa shape index (κ3) is 3.36. The molecule has 2 heterocycles. The Kier molecular flexibility index (Phi) is 5.18. The molecule has 0 aliphatic carbocycles. The van der Waals surface area contributed by atoms with E-state index in [1.54, 1.807) is 35.5 Å². The minimum atomic E-state index is -4.08. The van der Waals surface area contributed by atoms with Crippen LogP contribution in [0.25, 0.3) is 6.08 Å². The second-order valence-corrected chi connectivity index (χ2v) is 10.7. The molecule has 162 valence electrons. The predicted octanol–water partition coefficient (Wildman–Crippen LogP) is 5.40. The minimum Gasteiger partial charge on any atom is -0.272 e. The number of carbonyl (C=O) groups excluding carboxylic acids is 1. The molecule has 1 fully saturated rings. The Morgan fingerprint density at radius 2 is 1.66 bits per heavy atom. The number of nitrogens with zero attached hydrogens (tertiary/aromatic N) is 2. The van der Waals surface area contributed by atoms with Gasteiger partial charge in [-0.25, -0.2) is 0 Å². The van der Waals surface area contributed by atoms with Crippen molar-refractivity contribution in [3.8, 4) is 0 Å². The van der Waals surface area contributed by atoms with Crippen molar-refractivity contribution in [2.45, 2.75) is 30.2 Å². The zero-order valence-corrected chi connectivity index (χ0v) is 19.8. The lowest BCUT2D eigenvalue weighted by Crippen LogP contribution is -2.55. The number of benzene rings is 3. The van der Waals surface area contributed by atoms with Crippen LogP contribution in [-0.2, 0) is 14.8 Å². The summed E-state index contributed by atoms with van der Waals surface area (Å²) in [5.74, 6) is -0.647. The molecule has 2 atom stereocenters. The Hall–Kier alpha value is -2.90. The fourth-order valence-corrected chi connectivity index (χ4v) is 6.57. The molecule has 3 aromatic carbocycles. The predicted molar refractivity (Wildman–Crippen MR) is 127 cm³/mol. The number of sulfonamides is 1. The topological polar surface area (TPSA) is 57.7 Å². The van der Waals surface area contributed by atoms with Crippen molar-refractivity contribution in [3.05, 3.63) is 106 Å². The zero-order chi connectivity index (χ0) is 22.5. The normalized spacial score (nSPS) is 20.1. The number of hydrogen-bond acceptors (Lipinski definition) is 4. The molecule has 32 heavy (non-hydrogen) atoms. The van der Waals surface area contributed by atoms with Crippen LogP contribution in [0.4, 0.5) is 0 Å². The van der Waals surface area contributed by atoms with Gasteiger partial charge in [0.2, 0.25) is 0 Å². The highest BCUT2D eigenvalue weighted by Gasteiger charge is 2.48. The first kappa shape index (κ1) is 21.0. The summed E-state index contributed by atoms with van der Waals surface area (Å²) in [5, 5.41) is 1.59. The van der Waals surface area contributed by atoms with Crippen molar-refractivity contribution in [2.75, 3.05) is 0 Å². The molecule has 0 spiro atoms. The Bertz CT molecular complexity index is 1320. The molecule has 0 N–H and O–H groups in total. The van der Waals surface area contributed by atoms with E-state index < -0.39 is 15.9 Å². The van der Waals surface area contributed by atoms with Crippen LogP contribution in [0.2, 0.25) is 0 Å². The number of halogens is 1. The lowest BCUT2D eigenvalue weighted by molar-refractivity contribution is -0.144. The molecule has 7 heteroatoms. The van der Waals surface area contributed by atoms with Gasteiger partial charge >= 0.3 is 0 Å². The number of aryl methyl sites for hydroxylation is 1. The maximum atomic E-state index is 13.6. The number of hydrazine groups is 1. The van der Waals surface area contributed by atoms with Gasteiger partial charge in [0.05, 0.1) is 10.9 Å². The third-order valence-electron chi connectivity index (χ3n) is 6.05. The maximum absolute atomic E-state index is 13.6. The fourth-order valence-electron chi connectivity index (χ4n) is 4.53. The first-order valence-corrected chi connectivity index (χ1v) is 12.6.